The third-order valence-electron chi connectivity index (χ3n) is 10.1. The first kappa shape index (κ1) is 27.3. The minimum Gasteiger partial charge on any atom is -0.458 e. The van der Waals surface area contributed by atoms with Crippen molar-refractivity contribution in [3.8, 4) is 74.6 Å². The number of hydrogen-bond acceptors (Lipinski definition) is 6. The lowest BCUT2D eigenvalue weighted by Gasteiger charge is -2.33. The molecule has 1 aromatic heterocycles. The van der Waals surface area contributed by atoms with Crippen LogP contribution in [0.15, 0.2) is 133 Å². The highest BCUT2D eigenvalue weighted by Gasteiger charge is 2.41. The first-order chi connectivity index (χ1) is 24.7. The Balaban J connectivity index is 1.07. The van der Waals surface area contributed by atoms with Gasteiger partial charge in [-0.05, 0) is 82.5 Å². The number of ether oxygens (including phenoxy) is 4. The van der Waals surface area contributed by atoms with Gasteiger partial charge in [0.05, 0.1) is 23.0 Å². The summed E-state index contributed by atoms with van der Waals surface area (Å²) in [5, 5.41) is 10.2. The van der Waals surface area contributed by atoms with E-state index >= 15 is 0 Å². The van der Waals surface area contributed by atoms with E-state index < -0.39 is 0 Å². The maximum atomic E-state index is 10.2. The van der Waals surface area contributed by atoms with Crippen molar-refractivity contribution in [1.29, 1.82) is 5.26 Å². The van der Waals surface area contributed by atoms with Gasteiger partial charge in [-0.1, -0.05) is 72.8 Å². The normalized spacial score (nSPS) is 13.3. The maximum Gasteiger partial charge on any atom is 0.260 e. The fourth-order valence-electron chi connectivity index (χ4n) is 7.97. The minimum atomic E-state index is -0.0236. The monoisotopic (exact) mass is 640 g/mol. The number of fused-ring (bicyclic) bond motifs is 8. The third-order valence-corrected chi connectivity index (χ3v) is 10.1. The van der Waals surface area contributed by atoms with Crippen LogP contribution in [-0.2, 0) is 0 Å². The van der Waals surface area contributed by atoms with Crippen LogP contribution in [0.5, 0.6) is 46.0 Å². The largest absolute Gasteiger partial charge is 0.458 e. The van der Waals surface area contributed by atoms with Gasteiger partial charge in [0.25, 0.3) is 13.4 Å². The molecule has 0 amide bonds. The predicted octanol–water partition coefficient (Wildman–Crippen LogP) is 5.74. The fourth-order valence-corrected chi connectivity index (χ4v) is 7.97. The third kappa shape index (κ3) is 3.89. The van der Waals surface area contributed by atoms with E-state index in [1.165, 1.54) is 0 Å². The number of benzene rings is 6. The van der Waals surface area contributed by atoms with E-state index in [0.717, 1.165) is 66.9 Å². The van der Waals surface area contributed by atoms with Crippen LogP contribution in [0.4, 0.5) is 0 Å². The van der Waals surface area contributed by atoms with Gasteiger partial charge in [-0.3, -0.25) is 0 Å². The van der Waals surface area contributed by atoms with Gasteiger partial charge in [0.15, 0.2) is 0 Å². The average Bonchev–Trinajstić information content (AvgIpc) is 3.17. The molecule has 7 aromatic rings. The van der Waals surface area contributed by atoms with E-state index in [1.54, 1.807) is 12.1 Å². The quantitative estimate of drug-likeness (QED) is 0.225. The summed E-state index contributed by atoms with van der Waals surface area (Å²) < 4.78 is 26.1. The molecule has 4 aliphatic rings. The van der Waals surface area contributed by atoms with Crippen molar-refractivity contribution < 1.29 is 18.9 Å². The second kappa shape index (κ2) is 10.1. The molecular weight excluding hydrogens is 618 g/mol. The van der Waals surface area contributed by atoms with Crippen LogP contribution < -0.4 is 51.7 Å². The summed E-state index contributed by atoms with van der Waals surface area (Å²) in [4.78, 5) is 5.15. The van der Waals surface area contributed by atoms with Crippen LogP contribution in [-0.4, -0.2) is 18.4 Å². The summed E-state index contributed by atoms with van der Waals surface area (Å²) in [6, 6.07) is 46.6. The molecule has 11 rings (SSSR count). The molecule has 4 aliphatic heterocycles. The second-order valence-electron chi connectivity index (χ2n) is 12.9. The van der Waals surface area contributed by atoms with Crippen molar-refractivity contribution >= 4 is 46.2 Å². The molecule has 0 unspecified atom stereocenters. The number of rotatable bonds is 2. The van der Waals surface area contributed by atoms with Gasteiger partial charge in [-0.25, -0.2) is 4.98 Å². The molecule has 0 fully saturated rings. The average molecular weight is 640 g/mol. The molecule has 230 valence electrons. The SMILES string of the molecule is N#Cc1cc(-c2cc3c4c(c2)Oc2ccccc2B4c2ccccc2O3)nc(-c2cc3c4c(c2)Oc2ccccc2B4c2ccccc2O3)c1. The van der Waals surface area contributed by atoms with Gasteiger partial charge >= 0.3 is 0 Å². The Morgan fingerprint density at radius 3 is 1.06 bits per heavy atom. The lowest BCUT2D eigenvalue weighted by atomic mass is 9.35. The van der Waals surface area contributed by atoms with Crippen molar-refractivity contribution in [2.75, 3.05) is 0 Å². The van der Waals surface area contributed by atoms with E-state index in [2.05, 4.69) is 30.3 Å². The molecule has 0 radical (unpaired) electrons. The van der Waals surface area contributed by atoms with Gasteiger partial charge < -0.3 is 18.9 Å². The highest BCUT2D eigenvalue weighted by Crippen LogP contribution is 2.41. The Hall–Kier alpha value is -6.71. The number of aromatic nitrogens is 1. The zero-order valence-electron chi connectivity index (χ0n) is 26.4. The number of nitrogens with zero attached hydrogens (tertiary/aromatic N) is 2. The van der Waals surface area contributed by atoms with E-state index in [0.29, 0.717) is 39.9 Å². The number of para-hydroxylation sites is 4. The van der Waals surface area contributed by atoms with Crippen LogP contribution in [0.3, 0.4) is 0 Å². The van der Waals surface area contributed by atoms with Gasteiger partial charge in [0, 0.05) is 22.1 Å². The Morgan fingerprint density at radius 1 is 0.420 bits per heavy atom. The van der Waals surface area contributed by atoms with Crippen molar-refractivity contribution in [3.63, 3.8) is 0 Å². The lowest BCUT2D eigenvalue weighted by Crippen LogP contribution is -2.57. The summed E-state index contributed by atoms with van der Waals surface area (Å²) in [7, 11) is 0. The number of hydrogen-bond donors (Lipinski definition) is 0. The Kier molecular flexibility index (Phi) is 5.53. The molecule has 0 spiro atoms. The second-order valence-corrected chi connectivity index (χ2v) is 12.9. The van der Waals surface area contributed by atoms with E-state index in [9.17, 15) is 5.26 Å². The molecule has 0 aliphatic carbocycles. The highest BCUT2D eigenvalue weighted by atomic mass is 16.5. The molecule has 0 saturated heterocycles. The maximum absolute atomic E-state index is 10.2. The molecular formula is C42H22B2N2O4. The lowest BCUT2D eigenvalue weighted by molar-refractivity contribution is 0.464. The summed E-state index contributed by atoms with van der Waals surface area (Å²) in [6.07, 6.45) is 0. The van der Waals surface area contributed by atoms with Crippen molar-refractivity contribution in [1.82, 2.24) is 4.98 Å². The van der Waals surface area contributed by atoms with E-state index in [4.69, 9.17) is 23.9 Å². The van der Waals surface area contributed by atoms with E-state index in [-0.39, 0.29) is 13.4 Å². The van der Waals surface area contributed by atoms with Crippen LogP contribution >= 0.6 is 0 Å². The minimum absolute atomic E-state index is 0.0236. The molecule has 6 aromatic carbocycles. The predicted molar refractivity (Wildman–Crippen MR) is 195 cm³/mol. The summed E-state index contributed by atoms with van der Waals surface area (Å²) in [5.41, 5.74) is 9.68. The van der Waals surface area contributed by atoms with Gasteiger partial charge in [0.2, 0.25) is 0 Å². The number of nitriles is 1. The standard InChI is InChI=1S/C42H22B2N2O4/c45-23-24-17-31(25-19-37-41-38(20-25)48-34-14-6-2-10-28(34)43(41)27-9-1-5-13-33(27)47-37)46-32(18-24)26-21-39-42-40(22-26)50-36-16-8-4-12-30(36)44(42)29-11-3-7-15-35(29)49-39/h1-22H. The molecule has 0 bridgehead atoms. The van der Waals surface area contributed by atoms with Crippen molar-refractivity contribution in [3.05, 3.63) is 139 Å². The van der Waals surface area contributed by atoms with Gasteiger partial charge in [-0.2, -0.15) is 5.26 Å². The molecule has 8 heteroatoms. The zero-order valence-corrected chi connectivity index (χ0v) is 26.4. The fraction of sp³-hybridized carbons (Fsp3) is 0. The first-order valence-electron chi connectivity index (χ1n) is 16.6. The van der Waals surface area contributed by atoms with Crippen LogP contribution in [0, 0.1) is 11.3 Å². The van der Waals surface area contributed by atoms with Crippen molar-refractivity contribution in [2.45, 2.75) is 0 Å². The molecule has 0 N–H and O–H groups in total. The van der Waals surface area contributed by atoms with Crippen LogP contribution in [0.1, 0.15) is 5.56 Å². The summed E-state index contributed by atoms with van der Waals surface area (Å²) in [5.74, 6) is 6.11. The zero-order chi connectivity index (χ0) is 32.9. The molecule has 6 nitrogen and oxygen atoms in total. The summed E-state index contributed by atoms with van der Waals surface area (Å²) >= 11 is 0. The molecule has 5 heterocycles. The Bertz CT molecular complexity index is 2350. The van der Waals surface area contributed by atoms with Crippen molar-refractivity contribution in [2.24, 2.45) is 0 Å². The Morgan fingerprint density at radius 2 is 0.740 bits per heavy atom. The van der Waals surface area contributed by atoms with Crippen LogP contribution in [0.2, 0.25) is 0 Å². The Labute approximate surface area is 288 Å². The molecule has 0 atom stereocenters. The summed E-state index contributed by atoms with van der Waals surface area (Å²) in [6.45, 7) is -0.0473. The smallest absolute Gasteiger partial charge is 0.260 e. The van der Waals surface area contributed by atoms with Gasteiger partial charge in [0.1, 0.15) is 46.0 Å². The first-order valence-corrected chi connectivity index (χ1v) is 16.6. The number of pyridine rings is 1. The molecule has 0 saturated carbocycles. The topological polar surface area (TPSA) is 73.6 Å². The highest BCUT2D eigenvalue weighted by molar-refractivity contribution is 6.99. The van der Waals surface area contributed by atoms with E-state index in [1.807, 2.05) is 97.1 Å². The van der Waals surface area contributed by atoms with Crippen LogP contribution in [0.25, 0.3) is 22.5 Å². The van der Waals surface area contributed by atoms with Gasteiger partial charge in [-0.15, -0.1) is 0 Å². The molecule has 50 heavy (non-hydrogen) atoms.